The lowest BCUT2D eigenvalue weighted by Crippen LogP contribution is -2.42. The Kier molecular flexibility index (Phi) is 3.93. The smallest absolute Gasteiger partial charge is 0.00181 e. The number of nitrogens with zero attached hydrogens (tertiary/aromatic N) is 1. The summed E-state index contributed by atoms with van der Waals surface area (Å²) in [4.78, 5) is 2.74. The third kappa shape index (κ3) is 3.20. The summed E-state index contributed by atoms with van der Waals surface area (Å²) >= 11 is 0. The fraction of sp³-hybridized carbons (Fsp3) is 0.667. The quantitative estimate of drug-likeness (QED) is 0.783. The maximum atomic E-state index is 2.74. The zero-order chi connectivity index (χ0) is 13.2. The van der Waals surface area contributed by atoms with Gasteiger partial charge in [-0.15, -0.1) is 0 Å². The zero-order valence-corrected chi connectivity index (χ0v) is 12.4. The molecule has 2 atom stereocenters. The van der Waals surface area contributed by atoms with Crippen LogP contribution in [-0.4, -0.2) is 24.5 Å². The molecule has 3 rings (SSSR count). The molecule has 0 N–H and O–H groups in total. The van der Waals surface area contributed by atoms with Crippen molar-refractivity contribution < 1.29 is 0 Å². The third-order valence-corrected chi connectivity index (χ3v) is 5.04. The maximum Gasteiger partial charge on any atom is 0.00181 e. The van der Waals surface area contributed by atoms with E-state index in [4.69, 9.17) is 0 Å². The summed E-state index contributed by atoms with van der Waals surface area (Å²) in [6.45, 7) is 8.79. The summed E-state index contributed by atoms with van der Waals surface area (Å²) in [6.07, 6.45) is 4.30. The largest absolute Gasteiger partial charge is 0.303 e. The van der Waals surface area contributed by atoms with Crippen LogP contribution in [0, 0.1) is 17.8 Å². The molecule has 1 aliphatic carbocycles. The molecule has 0 amide bonds. The molecular formula is C18H27N. The first-order chi connectivity index (χ1) is 9.24. The van der Waals surface area contributed by atoms with Crippen molar-refractivity contribution in [2.75, 3.05) is 19.6 Å². The van der Waals surface area contributed by atoms with Crippen molar-refractivity contribution in [3.05, 3.63) is 35.9 Å². The summed E-state index contributed by atoms with van der Waals surface area (Å²) in [7, 11) is 0. The van der Waals surface area contributed by atoms with Gasteiger partial charge in [0.25, 0.3) is 0 Å². The molecule has 1 saturated heterocycles. The van der Waals surface area contributed by atoms with Gasteiger partial charge < -0.3 is 4.90 Å². The van der Waals surface area contributed by atoms with Crippen molar-refractivity contribution in [2.45, 2.75) is 39.0 Å². The average Bonchev–Trinajstić information content (AvgIpc) is 3.23. The average molecular weight is 257 g/mol. The minimum atomic E-state index is 0.775. The highest BCUT2D eigenvalue weighted by Gasteiger charge is 2.34. The Bertz CT molecular complexity index is 393. The van der Waals surface area contributed by atoms with Gasteiger partial charge in [0.15, 0.2) is 0 Å². The van der Waals surface area contributed by atoms with Gasteiger partial charge in [-0.1, -0.05) is 44.2 Å². The van der Waals surface area contributed by atoms with Crippen LogP contribution in [0.15, 0.2) is 30.3 Å². The van der Waals surface area contributed by atoms with Crippen molar-refractivity contribution in [1.82, 2.24) is 4.90 Å². The highest BCUT2D eigenvalue weighted by atomic mass is 15.1. The number of piperidine rings is 1. The summed E-state index contributed by atoms with van der Waals surface area (Å²) in [6, 6.07) is 11.2. The standard InChI is InChI=1S/C18H27N/c1-14(2)18-13-19(12-15-8-9-15)11-10-17(18)16-6-4-3-5-7-16/h3-7,14-15,17-18H,8-13H2,1-2H3/t17?,18-/m0/s1. The third-order valence-electron chi connectivity index (χ3n) is 5.04. The van der Waals surface area contributed by atoms with Gasteiger partial charge in [0.05, 0.1) is 0 Å². The van der Waals surface area contributed by atoms with E-state index in [1.54, 1.807) is 5.56 Å². The van der Waals surface area contributed by atoms with Gasteiger partial charge in [0.2, 0.25) is 0 Å². The molecule has 1 unspecified atom stereocenters. The van der Waals surface area contributed by atoms with Gasteiger partial charge in [0, 0.05) is 13.1 Å². The molecule has 1 heteroatoms. The second kappa shape index (κ2) is 5.66. The molecule has 0 spiro atoms. The summed E-state index contributed by atoms with van der Waals surface area (Å²) in [5.74, 6) is 3.42. The van der Waals surface area contributed by atoms with E-state index in [1.165, 1.54) is 38.9 Å². The Balaban J connectivity index is 1.70. The maximum absolute atomic E-state index is 2.74. The molecule has 1 saturated carbocycles. The highest BCUT2D eigenvalue weighted by molar-refractivity contribution is 5.21. The topological polar surface area (TPSA) is 3.24 Å². The van der Waals surface area contributed by atoms with Crippen LogP contribution in [0.3, 0.4) is 0 Å². The van der Waals surface area contributed by atoms with Crippen LogP contribution in [0.2, 0.25) is 0 Å². The number of benzene rings is 1. The van der Waals surface area contributed by atoms with Crippen molar-refractivity contribution in [3.8, 4) is 0 Å². The second-order valence-corrected chi connectivity index (χ2v) is 6.92. The van der Waals surface area contributed by atoms with E-state index in [-0.39, 0.29) is 0 Å². The monoisotopic (exact) mass is 257 g/mol. The summed E-state index contributed by atoms with van der Waals surface area (Å²) in [5, 5.41) is 0. The Morgan fingerprint density at radius 2 is 1.84 bits per heavy atom. The SMILES string of the molecule is CC(C)[C@@H]1CN(CC2CC2)CCC1c1ccccc1. The first-order valence-corrected chi connectivity index (χ1v) is 8.01. The van der Waals surface area contributed by atoms with Gasteiger partial charge in [-0.3, -0.25) is 0 Å². The number of likely N-dealkylation sites (tertiary alicyclic amines) is 1. The molecule has 2 aliphatic rings. The van der Waals surface area contributed by atoms with Gasteiger partial charge >= 0.3 is 0 Å². The minimum Gasteiger partial charge on any atom is -0.303 e. The Hall–Kier alpha value is -0.820. The molecule has 2 fully saturated rings. The van der Waals surface area contributed by atoms with E-state index in [0.717, 1.165) is 23.7 Å². The summed E-state index contributed by atoms with van der Waals surface area (Å²) < 4.78 is 0. The predicted octanol–water partition coefficient (Wildman–Crippen LogP) is 4.16. The van der Waals surface area contributed by atoms with Crippen LogP contribution < -0.4 is 0 Å². The van der Waals surface area contributed by atoms with Crippen LogP contribution >= 0.6 is 0 Å². The molecular weight excluding hydrogens is 230 g/mol. The van der Waals surface area contributed by atoms with Crippen LogP contribution in [-0.2, 0) is 0 Å². The Morgan fingerprint density at radius 3 is 2.47 bits per heavy atom. The van der Waals surface area contributed by atoms with E-state index >= 15 is 0 Å². The van der Waals surface area contributed by atoms with Gasteiger partial charge in [-0.2, -0.15) is 0 Å². The van der Waals surface area contributed by atoms with E-state index in [1.807, 2.05) is 0 Å². The molecule has 1 nitrogen and oxygen atoms in total. The van der Waals surface area contributed by atoms with Gasteiger partial charge in [0.1, 0.15) is 0 Å². The fourth-order valence-electron chi connectivity index (χ4n) is 3.67. The molecule has 0 radical (unpaired) electrons. The lowest BCUT2D eigenvalue weighted by molar-refractivity contribution is 0.119. The Morgan fingerprint density at radius 1 is 1.11 bits per heavy atom. The minimum absolute atomic E-state index is 0.775. The normalized spacial score (nSPS) is 28.8. The van der Waals surface area contributed by atoms with E-state index in [2.05, 4.69) is 49.1 Å². The Labute approximate surface area is 118 Å². The first kappa shape index (κ1) is 13.2. The van der Waals surface area contributed by atoms with Crippen LogP contribution in [0.1, 0.15) is 44.6 Å². The number of hydrogen-bond acceptors (Lipinski definition) is 1. The highest BCUT2D eigenvalue weighted by Crippen LogP contribution is 2.39. The van der Waals surface area contributed by atoms with Crippen molar-refractivity contribution in [1.29, 1.82) is 0 Å². The molecule has 0 bridgehead atoms. The van der Waals surface area contributed by atoms with Crippen molar-refractivity contribution >= 4 is 0 Å². The van der Waals surface area contributed by atoms with Crippen molar-refractivity contribution in [2.24, 2.45) is 17.8 Å². The van der Waals surface area contributed by atoms with Gasteiger partial charge in [-0.05, 0) is 55.0 Å². The molecule has 1 aliphatic heterocycles. The van der Waals surface area contributed by atoms with E-state index in [0.29, 0.717) is 0 Å². The molecule has 1 heterocycles. The lowest BCUT2D eigenvalue weighted by atomic mass is 9.75. The molecule has 19 heavy (non-hydrogen) atoms. The van der Waals surface area contributed by atoms with Crippen LogP contribution in [0.25, 0.3) is 0 Å². The van der Waals surface area contributed by atoms with Crippen LogP contribution in [0.4, 0.5) is 0 Å². The number of hydrogen-bond donors (Lipinski definition) is 0. The molecule has 1 aromatic carbocycles. The zero-order valence-electron chi connectivity index (χ0n) is 12.4. The number of rotatable bonds is 4. The van der Waals surface area contributed by atoms with Crippen molar-refractivity contribution in [3.63, 3.8) is 0 Å². The lowest BCUT2D eigenvalue weighted by Gasteiger charge is -2.41. The second-order valence-electron chi connectivity index (χ2n) is 6.92. The van der Waals surface area contributed by atoms with E-state index < -0.39 is 0 Å². The summed E-state index contributed by atoms with van der Waals surface area (Å²) in [5.41, 5.74) is 1.56. The predicted molar refractivity (Wildman–Crippen MR) is 81.3 cm³/mol. The molecule has 0 aromatic heterocycles. The van der Waals surface area contributed by atoms with Crippen LogP contribution in [0.5, 0.6) is 0 Å². The molecule has 1 aromatic rings. The molecule has 104 valence electrons. The van der Waals surface area contributed by atoms with E-state index in [9.17, 15) is 0 Å². The fourth-order valence-corrected chi connectivity index (χ4v) is 3.67. The van der Waals surface area contributed by atoms with Gasteiger partial charge in [-0.25, -0.2) is 0 Å². The first-order valence-electron chi connectivity index (χ1n) is 8.01.